The van der Waals surface area contributed by atoms with Crippen LogP contribution in [0.15, 0.2) is 30.5 Å². The van der Waals surface area contributed by atoms with E-state index in [2.05, 4.69) is 9.97 Å². The van der Waals surface area contributed by atoms with Crippen molar-refractivity contribution in [3.05, 3.63) is 53.5 Å². The summed E-state index contributed by atoms with van der Waals surface area (Å²) in [5, 5.41) is 0. The Kier molecular flexibility index (Phi) is 4.69. The molecule has 1 amide bonds. The summed E-state index contributed by atoms with van der Waals surface area (Å²) in [4.78, 5) is 22.2. The maximum absolute atomic E-state index is 13.3. The number of aromatic nitrogens is 2. The Morgan fingerprint density at radius 1 is 1.21 bits per heavy atom. The molecule has 7 heteroatoms. The highest BCUT2D eigenvalue weighted by Crippen LogP contribution is 2.19. The maximum Gasteiger partial charge on any atom is 0.253 e. The minimum absolute atomic E-state index is 0.0340. The molecule has 1 aliphatic rings. The predicted octanol–water partition coefficient (Wildman–Crippen LogP) is 2.75. The molecule has 2 heterocycles. The van der Waals surface area contributed by atoms with Gasteiger partial charge >= 0.3 is 0 Å². The summed E-state index contributed by atoms with van der Waals surface area (Å²) in [5.41, 5.74) is 0.152. The monoisotopic (exact) mass is 333 g/mol. The van der Waals surface area contributed by atoms with Crippen molar-refractivity contribution in [3.8, 4) is 5.88 Å². The number of hydrogen-bond acceptors (Lipinski definition) is 4. The van der Waals surface area contributed by atoms with E-state index in [0.29, 0.717) is 37.6 Å². The Labute approximate surface area is 138 Å². The van der Waals surface area contributed by atoms with E-state index < -0.39 is 11.6 Å². The highest BCUT2D eigenvalue weighted by molar-refractivity contribution is 5.94. The number of piperidine rings is 1. The summed E-state index contributed by atoms with van der Waals surface area (Å²) in [5.74, 6) is -1.12. The Balaban J connectivity index is 1.58. The SMILES string of the molecule is Cc1nccc(OC2CCN(C(=O)c3ccc(F)c(F)c3)CC2)n1. The Morgan fingerprint density at radius 2 is 1.96 bits per heavy atom. The van der Waals surface area contributed by atoms with E-state index in [1.807, 2.05) is 0 Å². The van der Waals surface area contributed by atoms with Gasteiger partial charge in [-0.2, -0.15) is 4.98 Å². The van der Waals surface area contributed by atoms with Crippen LogP contribution in [0.2, 0.25) is 0 Å². The molecule has 3 rings (SSSR count). The van der Waals surface area contributed by atoms with Crippen molar-refractivity contribution in [1.29, 1.82) is 0 Å². The van der Waals surface area contributed by atoms with Gasteiger partial charge in [0.05, 0.1) is 0 Å². The summed E-state index contributed by atoms with van der Waals surface area (Å²) in [6, 6.07) is 4.90. The summed E-state index contributed by atoms with van der Waals surface area (Å²) in [6.45, 7) is 2.77. The molecule has 0 N–H and O–H groups in total. The molecule has 2 aromatic rings. The number of nitrogens with zero attached hydrogens (tertiary/aromatic N) is 3. The molecular formula is C17H17F2N3O2. The van der Waals surface area contributed by atoms with E-state index in [1.165, 1.54) is 6.07 Å². The van der Waals surface area contributed by atoms with Crippen molar-refractivity contribution in [2.75, 3.05) is 13.1 Å². The minimum atomic E-state index is -1.02. The van der Waals surface area contributed by atoms with Crippen molar-refractivity contribution < 1.29 is 18.3 Å². The third-order valence-corrected chi connectivity index (χ3v) is 3.93. The van der Waals surface area contributed by atoms with E-state index >= 15 is 0 Å². The fourth-order valence-corrected chi connectivity index (χ4v) is 2.66. The molecule has 0 bridgehead atoms. The zero-order valence-corrected chi connectivity index (χ0v) is 13.2. The Bertz CT molecular complexity index is 746. The first-order chi connectivity index (χ1) is 11.5. The number of carbonyl (C=O) groups excluding carboxylic acids is 1. The van der Waals surface area contributed by atoms with Crippen LogP contribution in [0.3, 0.4) is 0 Å². The number of ether oxygens (including phenoxy) is 1. The average molecular weight is 333 g/mol. The molecule has 1 aliphatic heterocycles. The molecule has 0 atom stereocenters. The zero-order valence-electron chi connectivity index (χ0n) is 13.2. The van der Waals surface area contributed by atoms with Gasteiger partial charge in [0, 0.05) is 43.8 Å². The van der Waals surface area contributed by atoms with Crippen LogP contribution in [0.4, 0.5) is 8.78 Å². The van der Waals surface area contributed by atoms with Crippen LogP contribution in [-0.2, 0) is 0 Å². The molecule has 1 aromatic heterocycles. The standard InChI is InChI=1S/C17H17F2N3O2/c1-11-20-7-4-16(21-11)24-13-5-8-22(9-6-13)17(23)12-2-3-14(18)15(19)10-12/h2-4,7,10,13H,5-6,8-9H2,1H3. The normalized spacial score (nSPS) is 15.4. The quantitative estimate of drug-likeness (QED) is 0.867. The smallest absolute Gasteiger partial charge is 0.253 e. The first-order valence-electron chi connectivity index (χ1n) is 7.73. The number of halogens is 2. The highest BCUT2D eigenvalue weighted by Gasteiger charge is 2.25. The third-order valence-electron chi connectivity index (χ3n) is 3.93. The summed E-state index contributed by atoms with van der Waals surface area (Å²) in [7, 11) is 0. The fraction of sp³-hybridized carbons (Fsp3) is 0.353. The van der Waals surface area contributed by atoms with Crippen molar-refractivity contribution in [2.45, 2.75) is 25.9 Å². The van der Waals surface area contributed by atoms with Crippen LogP contribution in [0.25, 0.3) is 0 Å². The maximum atomic E-state index is 13.3. The molecule has 126 valence electrons. The molecule has 1 saturated heterocycles. The number of likely N-dealkylation sites (tertiary alicyclic amines) is 1. The minimum Gasteiger partial charge on any atom is -0.474 e. The van der Waals surface area contributed by atoms with Crippen molar-refractivity contribution in [3.63, 3.8) is 0 Å². The Morgan fingerprint density at radius 3 is 2.62 bits per heavy atom. The van der Waals surface area contributed by atoms with Gasteiger partial charge in [0.15, 0.2) is 11.6 Å². The second-order valence-electron chi connectivity index (χ2n) is 5.68. The van der Waals surface area contributed by atoms with E-state index in [4.69, 9.17) is 4.74 Å². The van der Waals surface area contributed by atoms with Gasteiger partial charge in [-0.15, -0.1) is 0 Å². The number of amides is 1. The second-order valence-corrected chi connectivity index (χ2v) is 5.68. The number of benzene rings is 1. The molecule has 0 unspecified atom stereocenters. The number of rotatable bonds is 3. The fourth-order valence-electron chi connectivity index (χ4n) is 2.66. The van der Waals surface area contributed by atoms with Crippen molar-refractivity contribution in [1.82, 2.24) is 14.9 Å². The molecular weight excluding hydrogens is 316 g/mol. The van der Waals surface area contributed by atoms with Crippen LogP contribution >= 0.6 is 0 Å². The summed E-state index contributed by atoms with van der Waals surface area (Å²) in [6.07, 6.45) is 2.91. The van der Waals surface area contributed by atoms with Gasteiger partial charge < -0.3 is 9.64 Å². The molecule has 0 radical (unpaired) electrons. The van der Waals surface area contributed by atoms with Crippen LogP contribution in [-0.4, -0.2) is 40.0 Å². The van der Waals surface area contributed by atoms with E-state index in [9.17, 15) is 13.6 Å². The molecule has 5 nitrogen and oxygen atoms in total. The molecule has 1 fully saturated rings. The van der Waals surface area contributed by atoms with Crippen molar-refractivity contribution >= 4 is 5.91 Å². The number of aryl methyl sites for hydroxylation is 1. The largest absolute Gasteiger partial charge is 0.474 e. The average Bonchev–Trinajstić information content (AvgIpc) is 2.57. The van der Waals surface area contributed by atoms with Crippen molar-refractivity contribution in [2.24, 2.45) is 0 Å². The molecule has 1 aromatic carbocycles. The van der Waals surface area contributed by atoms with E-state index in [1.54, 1.807) is 24.1 Å². The van der Waals surface area contributed by atoms with Gasteiger partial charge in [0.1, 0.15) is 11.9 Å². The van der Waals surface area contributed by atoms with Crippen LogP contribution in [0.5, 0.6) is 5.88 Å². The van der Waals surface area contributed by atoms with Gasteiger partial charge in [-0.3, -0.25) is 4.79 Å². The van der Waals surface area contributed by atoms with Crippen LogP contribution < -0.4 is 4.74 Å². The second kappa shape index (κ2) is 6.90. The zero-order chi connectivity index (χ0) is 17.1. The number of carbonyl (C=O) groups is 1. The molecule has 0 spiro atoms. The molecule has 24 heavy (non-hydrogen) atoms. The molecule has 0 aliphatic carbocycles. The van der Waals surface area contributed by atoms with Gasteiger partial charge in [0.2, 0.25) is 5.88 Å². The lowest BCUT2D eigenvalue weighted by Crippen LogP contribution is -2.41. The lowest BCUT2D eigenvalue weighted by atomic mass is 10.1. The predicted molar refractivity (Wildman–Crippen MR) is 82.7 cm³/mol. The van der Waals surface area contributed by atoms with Crippen LogP contribution in [0, 0.1) is 18.6 Å². The van der Waals surface area contributed by atoms with Crippen LogP contribution in [0.1, 0.15) is 29.0 Å². The number of hydrogen-bond donors (Lipinski definition) is 0. The first-order valence-corrected chi connectivity index (χ1v) is 7.73. The van der Waals surface area contributed by atoms with E-state index in [0.717, 1.165) is 12.1 Å². The first kappa shape index (κ1) is 16.3. The lowest BCUT2D eigenvalue weighted by Gasteiger charge is -2.32. The van der Waals surface area contributed by atoms with Gasteiger partial charge in [-0.25, -0.2) is 13.8 Å². The third kappa shape index (κ3) is 3.67. The summed E-state index contributed by atoms with van der Waals surface area (Å²) >= 11 is 0. The summed E-state index contributed by atoms with van der Waals surface area (Å²) < 4.78 is 32.0. The highest BCUT2D eigenvalue weighted by atomic mass is 19.2. The lowest BCUT2D eigenvalue weighted by molar-refractivity contribution is 0.0587. The Hall–Kier alpha value is -2.57. The topological polar surface area (TPSA) is 55.3 Å². The van der Waals surface area contributed by atoms with Gasteiger partial charge in [0.25, 0.3) is 5.91 Å². The van der Waals surface area contributed by atoms with E-state index in [-0.39, 0.29) is 17.6 Å². The van der Waals surface area contributed by atoms with Gasteiger partial charge in [-0.1, -0.05) is 0 Å². The molecule has 0 saturated carbocycles. The van der Waals surface area contributed by atoms with Gasteiger partial charge in [-0.05, 0) is 25.1 Å².